The second-order valence-electron chi connectivity index (χ2n) is 7.48. The quantitative estimate of drug-likeness (QED) is 0.410. The molecule has 2 amide bonds. The molecule has 9 heteroatoms. The van der Waals surface area contributed by atoms with Crippen LogP contribution in [0.1, 0.15) is 38.1 Å². The molecule has 0 aliphatic carbocycles. The van der Waals surface area contributed by atoms with Crippen LogP contribution in [0.5, 0.6) is 0 Å². The summed E-state index contributed by atoms with van der Waals surface area (Å²) in [5.41, 5.74) is 0.197. The molecule has 1 aromatic rings. The molecule has 0 radical (unpaired) electrons. The number of nitrogens with zero attached hydrogens (tertiary/aromatic N) is 1. The lowest BCUT2D eigenvalue weighted by Crippen LogP contribution is -2.42. The Labute approximate surface area is 176 Å². The van der Waals surface area contributed by atoms with Crippen molar-refractivity contribution < 1.29 is 33.4 Å². The number of methoxy groups -OCH3 is 1. The SMILES string of the molecule is C=C(COC(=O)C(C)NC(=O)OC(C)(C)C)C(=O)N(C)c1ccc(C(=O)OC)cc1. The summed E-state index contributed by atoms with van der Waals surface area (Å²) in [5, 5.41) is 2.36. The molecule has 0 heterocycles. The Hall–Kier alpha value is -3.36. The average molecular weight is 420 g/mol. The van der Waals surface area contributed by atoms with Gasteiger partial charge in [-0.15, -0.1) is 0 Å². The van der Waals surface area contributed by atoms with E-state index in [0.717, 1.165) is 0 Å². The first-order valence-corrected chi connectivity index (χ1v) is 9.16. The maximum absolute atomic E-state index is 12.5. The third-order valence-electron chi connectivity index (χ3n) is 3.76. The highest BCUT2D eigenvalue weighted by Gasteiger charge is 2.23. The first kappa shape index (κ1) is 24.7. The molecule has 1 unspecified atom stereocenters. The fourth-order valence-corrected chi connectivity index (χ4v) is 2.18. The molecule has 9 nitrogen and oxygen atoms in total. The number of likely N-dealkylation sites (N-methyl/N-ethyl adjacent to an activating group) is 1. The molecule has 1 N–H and O–H groups in total. The zero-order valence-electron chi connectivity index (χ0n) is 18.1. The fraction of sp³-hybridized carbons (Fsp3) is 0.429. The van der Waals surface area contributed by atoms with Crippen LogP contribution in [0.4, 0.5) is 10.5 Å². The standard InChI is InChI=1S/C21H28N2O7/c1-13(12-29-18(25)14(2)22-20(27)30-21(3,4)5)17(24)23(6)16-10-8-15(9-11-16)19(26)28-7/h8-11,14H,1,12H2,2-7H3,(H,22,27). The number of anilines is 1. The minimum Gasteiger partial charge on any atom is -0.465 e. The van der Waals surface area contributed by atoms with Crippen LogP contribution in [-0.2, 0) is 23.8 Å². The minimum atomic E-state index is -0.966. The maximum Gasteiger partial charge on any atom is 0.408 e. The van der Waals surface area contributed by atoms with Crippen molar-refractivity contribution in [3.63, 3.8) is 0 Å². The van der Waals surface area contributed by atoms with Gasteiger partial charge in [0.15, 0.2) is 0 Å². The van der Waals surface area contributed by atoms with Crippen LogP contribution in [0.25, 0.3) is 0 Å². The molecule has 1 aromatic carbocycles. The van der Waals surface area contributed by atoms with Gasteiger partial charge in [-0.2, -0.15) is 0 Å². The predicted molar refractivity (Wildman–Crippen MR) is 110 cm³/mol. The van der Waals surface area contributed by atoms with Gasteiger partial charge in [-0.1, -0.05) is 6.58 Å². The number of hydrogen-bond donors (Lipinski definition) is 1. The van der Waals surface area contributed by atoms with E-state index >= 15 is 0 Å². The Bertz CT molecular complexity index is 810. The second-order valence-corrected chi connectivity index (χ2v) is 7.48. The van der Waals surface area contributed by atoms with Crippen molar-refractivity contribution in [1.29, 1.82) is 0 Å². The van der Waals surface area contributed by atoms with Crippen LogP contribution in [-0.4, -0.2) is 56.3 Å². The van der Waals surface area contributed by atoms with E-state index in [4.69, 9.17) is 9.47 Å². The number of nitrogens with one attached hydrogen (secondary N) is 1. The molecular weight excluding hydrogens is 392 g/mol. The number of hydrogen-bond acceptors (Lipinski definition) is 7. The topological polar surface area (TPSA) is 111 Å². The molecule has 0 aromatic heterocycles. The summed E-state index contributed by atoms with van der Waals surface area (Å²) in [5.74, 6) is -1.69. The highest BCUT2D eigenvalue weighted by atomic mass is 16.6. The van der Waals surface area contributed by atoms with Gasteiger partial charge in [-0.05, 0) is 52.0 Å². The lowest BCUT2D eigenvalue weighted by molar-refractivity contribution is -0.144. The second kappa shape index (κ2) is 10.4. The molecule has 0 saturated carbocycles. The van der Waals surface area contributed by atoms with Gasteiger partial charge in [0.2, 0.25) is 0 Å². The molecular formula is C21H28N2O7. The Morgan fingerprint density at radius 3 is 2.20 bits per heavy atom. The Kier molecular flexibility index (Phi) is 8.58. The number of carbonyl (C=O) groups excluding carboxylic acids is 4. The van der Waals surface area contributed by atoms with Gasteiger partial charge in [0.1, 0.15) is 18.2 Å². The number of carbonyl (C=O) groups is 4. The van der Waals surface area contributed by atoms with Gasteiger partial charge in [0, 0.05) is 18.3 Å². The summed E-state index contributed by atoms with van der Waals surface area (Å²) in [6, 6.07) is 5.24. The van der Waals surface area contributed by atoms with Gasteiger partial charge in [-0.25, -0.2) is 14.4 Å². The smallest absolute Gasteiger partial charge is 0.408 e. The van der Waals surface area contributed by atoms with Crippen LogP contribution >= 0.6 is 0 Å². The van der Waals surface area contributed by atoms with Gasteiger partial charge in [0.05, 0.1) is 12.7 Å². The summed E-state index contributed by atoms with van der Waals surface area (Å²) in [6.45, 7) is 9.84. The molecule has 164 valence electrons. The number of esters is 2. The lowest BCUT2D eigenvalue weighted by atomic mass is 10.2. The Morgan fingerprint density at radius 1 is 1.13 bits per heavy atom. The summed E-state index contributed by atoms with van der Waals surface area (Å²) in [7, 11) is 2.80. The zero-order chi connectivity index (χ0) is 23.1. The highest BCUT2D eigenvalue weighted by molar-refractivity contribution is 6.05. The molecule has 0 fully saturated rings. The fourth-order valence-electron chi connectivity index (χ4n) is 2.18. The molecule has 0 aliphatic rings. The highest BCUT2D eigenvalue weighted by Crippen LogP contribution is 2.16. The number of rotatable bonds is 7. The summed E-state index contributed by atoms with van der Waals surface area (Å²) in [6.07, 6.45) is -0.753. The predicted octanol–water partition coefficient (Wildman–Crippen LogP) is 2.45. The zero-order valence-corrected chi connectivity index (χ0v) is 18.1. The summed E-state index contributed by atoms with van der Waals surface area (Å²) >= 11 is 0. The first-order valence-electron chi connectivity index (χ1n) is 9.16. The molecule has 30 heavy (non-hydrogen) atoms. The van der Waals surface area contributed by atoms with E-state index < -0.39 is 35.6 Å². The normalized spacial score (nSPS) is 11.7. The van der Waals surface area contributed by atoms with E-state index in [-0.39, 0.29) is 12.2 Å². The van der Waals surface area contributed by atoms with Crippen molar-refractivity contribution in [2.24, 2.45) is 0 Å². The molecule has 0 saturated heterocycles. The third-order valence-corrected chi connectivity index (χ3v) is 3.76. The summed E-state index contributed by atoms with van der Waals surface area (Å²) < 4.78 is 14.7. The molecule has 1 atom stereocenters. The van der Waals surface area contributed by atoms with E-state index in [9.17, 15) is 19.2 Å². The first-order chi connectivity index (χ1) is 13.9. The number of alkyl carbamates (subject to hydrolysis) is 1. The number of benzene rings is 1. The van der Waals surface area contributed by atoms with E-state index in [1.165, 1.54) is 38.1 Å². The average Bonchev–Trinajstić information content (AvgIpc) is 2.68. The molecule has 1 rings (SSSR count). The van der Waals surface area contributed by atoms with Crippen LogP contribution in [0, 0.1) is 0 Å². The largest absolute Gasteiger partial charge is 0.465 e. The van der Waals surface area contributed by atoms with Gasteiger partial charge < -0.3 is 24.4 Å². The van der Waals surface area contributed by atoms with Crippen LogP contribution < -0.4 is 10.2 Å². The van der Waals surface area contributed by atoms with Crippen molar-refractivity contribution in [2.75, 3.05) is 25.7 Å². The molecule has 0 bridgehead atoms. The van der Waals surface area contributed by atoms with Crippen molar-refractivity contribution in [1.82, 2.24) is 5.32 Å². The van der Waals surface area contributed by atoms with Gasteiger partial charge >= 0.3 is 18.0 Å². The van der Waals surface area contributed by atoms with E-state index in [0.29, 0.717) is 11.3 Å². The van der Waals surface area contributed by atoms with E-state index in [1.54, 1.807) is 32.9 Å². The van der Waals surface area contributed by atoms with Crippen LogP contribution in [0.2, 0.25) is 0 Å². The number of ether oxygens (including phenoxy) is 3. The lowest BCUT2D eigenvalue weighted by Gasteiger charge is -2.22. The van der Waals surface area contributed by atoms with Crippen molar-refractivity contribution >= 4 is 29.6 Å². The van der Waals surface area contributed by atoms with Crippen molar-refractivity contribution in [3.8, 4) is 0 Å². The monoisotopic (exact) mass is 420 g/mol. The van der Waals surface area contributed by atoms with Gasteiger partial charge in [-0.3, -0.25) is 4.79 Å². The molecule has 0 aliphatic heterocycles. The van der Waals surface area contributed by atoms with E-state index in [1.807, 2.05) is 0 Å². The maximum atomic E-state index is 12.5. The Balaban J connectivity index is 2.59. The van der Waals surface area contributed by atoms with Crippen molar-refractivity contribution in [2.45, 2.75) is 39.3 Å². The van der Waals surface area contributed by atoms with Crippen LogP contribution in [0.15, 0.2) is 36.4 Å². The van der Waals surface area contributed by atoms with Crippen LogP contribution in [0.3, 0.4) is 0 Å². The Morgan fingerprint density at radius 2 is 1.70 bits per heavy atom. The van der Waals surface area contributed by atoms with Crippen molar-refractivity contribution in [3.05, 3.63) is 42.0 Å². The van der Waals surface area contributed by atoms with Gasteiger partial charge in [0.25, 0.3) is 5.91 Å². The summed E-state index contributed by atoms with van der Waals surface area (Å²) in [4.78, 5) is 49.0. The molecule has 0 spiro atoms. The van der Waals surface area contributed by atoms with E-state index in [2.05, 4.69) is 16.6 Å². The third kappa shape index (κ3) is 7.57. The minimum absolute atomic E-state index is 0.0346. The number of amides is 2.